The van der Waals surface area contributed by atoms with E-state index in [4.69, 9.17) is 5.73 Å². The number of rotatable bonds is 6. The first kappa shape index (κ1) is 23.1. The zero-order chi connectivity index (χ0) is 21.8. The van der Waals surface area contributed by atoms with E-state index in [1.54, 1.807) is 12.1 Å². The molecule has 0 saturated carbocycles. The van der Waals surface area contributed by atoms with Gasteiger partial charge in [0.15, 0.2) is 11.6 Å². The van der Waals surface area contributed by atoms with Gasteiger partial charge in [-0.05, 0) is 60.9 Å². The molecule has 4 aromatic rings. The van der Waals surface area contributed by atoms with Crippen LogP contribution in [0.3, 0.4) is 0 Å². The Morgan fingerprint density at radius 1 is 1.09 bits per heavy atom. The molecule has 0 unspecified atom stereocenters. The molecule has 0 aliphatic carbocycles. The van der Waals surface area contributed by atoms with Crippen molar-refractivity contribution >= 4 is 24.0 Å². The number of nitrogens with zero attached hydrogens (tertiary/aromatic N) is 2. The summed E-state index contributed by atoms with van der Waals surface area (Å²) >= 11 is 0. The lowest BCUT2D eigenvalue weighted by atomic mass is 10.0. The molecule has 0 aliphatic heterocycles. The third-order valence-corrected chi connectivity index (χ3v) is 4.98. The van der Waals surface area contributed by atoms with Gasteiger partial charge in [0.2, 0.25) is 5.91 Å². The van der Waals surface area contributed by atoms with Gasteiger partial charge in [-0.3, -0.25) is 9.89 Å². The van der Waals surface area contributed by atoms with Crippen LogP contribution in [0.15, 0.2) is 72.8 Å². The fraction of sp³-hybridized carbons (Fsp3) is 0.125. The highest BCUT2D eigenvalue weighted by Gasteiger charge is 2.16. The predicted molar refractivity (Wildman–Crippen MR) is 126 cm³/mol. The average Bonchev–Trinajstić information content (AvgIpc) is 3.26. The summed E-state index contributed by atoms with van der Waals surface area (Å²) in [6, 6.07) is 20.5. The standard InChI is InChI=1S/C24H22FN5O.ClH/c1-15-7-12-19(27-24(31)21(26)13-16-5-3-2-4-6-16)14-20(15)23-28-22(29-30-23)17-8-10-18(25)11-9-17;/h2-12,14,21H,13,26H2,1H3,(H,27,31)(H,28,29,30);1H/t21-;/m0./s1. The van der Waals surface area contributed by atoms with Crippen LogP contribution in [-0.2, 0) is 11.2 Å². The Labute approximate surface area is 191 Å². The topological polar surface area (TPSA) is 96.7 Å². The van der Waals surface area contributed by atoms with E-state index in [0.717, 1.165) is 16.7 Å². The maximum atomic E-state index is 13.2. The Balaban J connectivity index is 0.00000289. The van der Waals surface area contributed by atoms with Crippen molar-refractivity contribution in [1.29, 1.82) is 0 Å². The van der Waals surface area contributed by atoms with E-state index in [2.05, 4.69) is 20.5 Å². The lowest BCUT2D eigenvalue weighted by Crippen LogP contribution is -2.37. The second-order valence-electron chi connectivity index (χ2n) is 7.33. The molecule has 0 bridgehead atoms. The van der Waals surface area contributed by atoms with E-state index in [9.17, 15) is 9.18 Å². The van der Waals surface area contributed by atoms with Crippen molar-refractivity contribution in [2.45, 2.75) is 19.4 Å². The summed E-state index contributed by atoms with van der Waals surface area (Å²) in [6.45, 7) is 1.95. The summed E-state index contributed by atoms with van der Waals surface area (Å²) in [7, 11) is 0. The van der Waals surface area contributed by atoms with Gasteiger partial charge in [-0.15, -0.1) is 12.4 Å². The van der Waals surface area contributed by atoms with E-state index in [1.165, 1.54) is 12.1 Å². The normalized spacial score (nSPS) is 11.5. The smallest absolute Gasteiger partial charge is 0.241 e. The van der Waals surface area contributed by atoms with Gasteiger partial charge < -0.3 is 11.1 Å². The first-order valence-corrected chi connectivity index (χ1v) is 9.89. The van der Waals surface area contributed by atoms with Gasteiger partial charge in [-0.1, -0.05) is 36.4 Å². The molecule has 3 aromatic carbocycles. The highest BCUT2D eigenvalue weighted by molar-refractivity contribution is 5.95. The number of halogens is 2. The summed E-state index contributed by atoms with van der Waals surface area (Å²) in [5, 5.41) is 10.0. The molecule has 32 heavy (non-hydrogen) atoms. The van der Waals surface area contributed by atoms with Crippen molar-refractivity contribution in [3.8, 4) is 22.8 Å². The molecule has 1 amide bonds. The summed E-state index contributed by atoms with van der Waals surface area (Å²) < 4.78 is 13.2. The zero-order valence-electron chi connectivity index (χ0n) is 17.4. The second-order valence-corrected chi connectivity index (χ2v) is 7.33. The molecule has 0 saturated heterocycles. The van der Waals surface area contributed by atoms with Gasteiger partial charge in [0.25, 0.3) is 0 Å². The first-order chi connectivity index (χ1) is 15.0. The highest BCUT2D eigenvalue weighted by Crippen LogP contribution is 2.26. The minimum Gasteiger partial charge on any atom is -0.325 e. The largest absolute Gasteiger partial charge is 0.325 e. The summed E-state index contributed by atoms with van der Waals surface area (Å²) in [5.74, 6) is 0.447. The number of carbonyl (C=O) groups is 1. The Morgan fingerprint density at radius 2 is 1.81 bits per heavy atom. The number of nitrogens with one attached hydrogen (secondary N) is 2. The SMILES string of the molecule is Cc1ccc(NC(=O)[C@@H](N)Cc2ccccc2)cc1-c1nc(-c2ccc(F)cc2)n[nH]1.Cl. The van der Waals surface area contributed by atoms with Gasteiger partial charge in [0.05, 0.1) is 6.04 Å². The number of aromatic nitrogens is 3. The van der Waals surface area contributed by atoms with Gasteiger partial charge in [0, 0.05) is 16.8 Å². The molecule has 6 nitrogen and oxygen atoms in total. The number of hydrogen-bond donors (Lipinski definition) is 3. The molecule has 1 aromatic heterocycles. The molecule has 0 fully saturated rings. The van der Waals surface area contributed by atoms with E-state index in [0.29, 0.717) is 29.3 Å². The molecule has 164 valence electrons. The molecule has 0 aliphatic rings. The molecule has 8 heteroatoms. The van der Waals surface area contributed by atoms with Crippen LogP contribution in [0.2, 0.25) is 0 Å². The monoisotopic (exact) mass is 451 g/mol. The zero-order valence-corrected chi connectivity index (χ0v) is 18.2. The summed E-state index contributed by atoms with van der Waals surface area (Å²) in [6.07, 6.45) is 0.453. The van der Waals surface area contributed by atoms with Gasteiger partial charge in [-0.2, -0.15) is 5.10 Å². The summed E-state index contributed by atoms with van der Waals surface area (Å²) in [4.78, 5) is 17.1. The molecule has 1 atom stereocenters. The third kappa shape index (κ3) is 5.38. The first-order valence-electron chi connectivity index (χ1n) is 9.89. The van der Waals surface area contributed by atoms with Crippen molar-refractivity contribution in [2.75, 3.05) is 5.32 Å². The van der Waals surface area contributed by atoms with Crippen LogP contribution in [0.25, 0.3) is 22.8 Å². The minimum atomic E-state index is -0.664. The number of H-pyrrole nitrogens is 1. The molecule has 0 spiro atoms. The van der Waals surface area contributed by atoms with Gasteiger partial charge >= 0.3 is 0 Å². The van der Waals surface area contributed by atoms with Gasteiger partial charge in [0.1, 0.15) is 5.82 Å². The highest BCUT2D eigenvalue weighted by atomic mass is 35.5. The van der Waals surface area contributed by atoms with E-state index in [-0.39, 0.29) is 24.1 Å². The number of amides is 1. The van der Waals surface area contributed by atoms with Crippen molar-refractivity contribution in [2.24, 2.45) is 5.73 Å². The summed E-state index contributed by atoms with van der Waals surface area (Å²) in [5.41, 5.74) is 10.2. The number of aromatic amines is 1. The van der Waals surface area contributed by atoms with Crippen LogP contribution in [-0.4, -0.2) is 27.1 Å². The fourth-order valence-corrected chi connectivity index (χ4v) is 3.26. The number of carbonyl (C=O) groups excluding carboxylic acids is 1. The van der Waals surface area contributed by atoms with E-state index in [1.807, 2.05) is 55.5 Å². The third-order valence-electron chi connectivity index (χ3n) is 4.98. The Morgan fingerprint density at radius 3 is 2.53 bits per heavy atom. The molecular weight excluding hydrogens is 429 g/mol. The van der Waals surface area contributed by atoms with Crippen LogP contribution in [0.4, 0.5) is 10.1 Å². The quantitative estimate of drug-likeness (QED) is 0.401. The number of hydrogen-bond acceptors (Lipinski definition) is 4. The minimum absolute atomic E-state index is 0. The average molecular weight is 452 g/mol. The van der Waals surface area contributed by atoms with Crippen molar-refractivity contribution in [3.05, 3.63) is 89.7 Å². The number of benzene rings is 3. The second kappa shape index (κ2) is 10.2. The maximum absolute atomic E-state index is 13.2. The molecule has 0 radical (unpaired) electrons. The lowest BCUT2D eigenvalue weighted by molar-refractivity contribution is -0.117. The molecule has 4 N–H and O–H groups in total. The molecular formula is C24H23ClFN5O. The molecule has 4 rings (SSSR count). The van der Waals surface area contributed by atoms with Crippen LogP contribution in [0.5, 0.6) is 0 Å². The Bertz CT molecular complexity index is 1190. The van der Waals surface area contributed by atoms with Crippen LogP contribution >= 0.6 is 12.4 Å². The van der Waals surface area contributed by atoms with Crippen LogP contribution < -0.4 is 11.1 Å². The van der Waals surface area contributed by atoms with Gasteiger partial charge in [-0.25, -0.2) is 9.37 Å². The fourth-order valence-electron chi connectivity index (χ4n) is 3.26. The van der Waals surface area contributed by atoms with Crippen molar-refractivity contribution in [1.82, 2.24) is 15.2 Å². The van der Waals surface area contributed by atoms with Crippen molar-refractivity contribution in [3.63, 3.8) is 0 Å². The van der Waals surface area contributed by atoms with Crippen molar-refractivity contribution < 1.29 is 9.18 Å². The number of aryl methyl sites for hydroxylation is 1. The maximum Gasteiger partial charge on any atom is 0.241 e. The number of anilines is 1. The van der Waals surface area contributed by atoms with E-state index < -0.39 is 6.04 Å². The number of nitrogens with two attached hydrogens (primary N) is 1. The molecule has 1 heterocycles. The Hall–Kier alpha value is -3.55. The lowest BCUT2D eigenvalue weighted by Gasteiger charge is -2.13. The Kier molecular flexibility index (Phi) is 7.35. The predicted octanol–water partition coefficient (Wildman–Crippen LogP) is 4.52. The van der Waals surface area contributed by atoms with Crippen LogP contribution in [0.1, 0.15) is 11.1 Å². The van der Waals surface area contributed by atoms with E-state index >= 15 is 0 Å². The van der Waals surface area contributed by atoms with Crippen LogP contribution in [0, 0.1) is 12.7 Å².